The highest BCUT2D eigenvalue weighted by atomic mass is 16.5. The van der Waals surface area contributed by atoms with Crippen molar-refractivity contribution in [2.24, 2.45) is 0 Å². The van der Waals surface area contributed by atoms with Crippen molar-refractivity contribution in [3.05, 3.63) is 35.9 Å². The van der Waals surface area contributed by atoms with Gasteiger partial charge < -0.3 is 5.21 Å². The van der Waals surface area contributed by atoms with Crippen LogP contribution in [0.15, 0.2) is 30.7 Å². The van der Waals surface area contributed by atoms with Gasteiger partial charge in [-0.3, -0.25) is 0 Å². The minimum Gasteiger partial charge on any atom is -0.596 e. The molecule has 0 aromatic carbocycles. The van der Waals surface area contributed by atoms with Gasteiger partial charge in [-0.05, 0) is 6.07 Å². The molecule has 0 amide bonds. The van der Waals surface area contributed by atoms with E-state index < -0.39 is 0 Å². The Hall–Kier alpha value is -1.58. The third-order valence-corrected chi connectivity index (χ3v) is 1.32. The summed E-state index contributed by atoms with van der Waals surface area (Å²) >= 11 is 0. The van der Waals surface area contributed by atoms with E-state index in [1.165, 1.54) is 10.7 Å². The van der Waals surface area contributed by atoms with Gasteiger partial charge in [0.15, 0.2) is 0 Å². The van der Waals surface area contributed by atoms with E-state index in [4.69, 9.17) is 0 Å². The minimum absolute atomic E-state index is 0.664. The zero-order valence-electron chi connectivity index (χ0n) is 5.14. The fraction of sp³-hybridized carbons (Fsp3) is 0. The Morgan fingerprint density at radius 3 is 3.30 bits per heavy atom. The third-order valence-electron chi connectivity index (χ3n) is 1.32. The summed E-state index contributed by atoms with van der Waals surface area (Å²) in [6, 6.07) is 3.37. The highest BCUT2D eigenvalue weighted by Gasteiger charge is 1.98. The summed E-state index contributed by atoms with van der Waals surface area (Å²) in [6.45, 7) is 0. The number of hydrogen-bond donors (Lipinski definition) is 0. The average Bonchev–Trinajstić information content (AvgIpc) is 2.34. The van der Waals surface area contributed by atoms with Gasteiger partial charge >= 0.3 is 0 Å². The zero-order valence-corrected chi connectivity index (χ0v) is 5.14. The first-order chi connectivity index (χ1) is 4.88. The van der Waals surface area contributed by atoms with Crippen LogP contribution in [0, 0.1) is 5.21 Å². The van der Waals surface area contributed by atoms with Crippen LogP contribution in [-0.4, -0.2) is 9.50 Å². The molecule has 0 atom stereocenters. The van der Waals surface area contributed by atoms with E-state index in [9.17, 15) is 5.21 Å². The van der Waals surface area contributed by atoms with Crippen molar-refractivity contribution in [2.75, 3.05) is 0 Å². The summed E-state index contributed by atoms with van der Waals surface area (Å²) in [5.41, 5.74) is 0.664. The van der Waals surface area contributed by atoms with Crippen LogP contribution in [0.5, 0.6) is 0 Å². The summed E-state index contributed by atoms with van der Waals surface area (Å²) in [5.74, 6) is 0. The van der Waals surface area contributed by atoms with Crippen molar-refractivity contribution < 1.29 is 4.85 Å². The molecule has 0 aliphatic heterocycles. The van der Waals surface area contributed by atoms with Gasteiger partial charge in [-0.15, -0.1) is 0 Å². The van der Waals surface area contributed by atoms with Gasteiger partial charge in [-0.2, -0.15) is 0 Å². The Morgan fingerprint density at radius 2 is 2.50 bits per heavy atom. The quantitative estimate of drug-likeness (QED) is 0.376. The van der Waals surface area contributed by atoms with Gasteiger partial charge in [0.05, 0.1) is 12.3 Å². The lowest BCUT2D eigenvalue weighted by molar-refractivity contribution is -0.676. The van der Waals surface area contributed by atoms with Crippen molar-refractivity contribution in [1.29, 1.82) is 0 Å². The molecular formula is C6H5N3O. The van der Waals surface area contributed by atoms with Gasteiger partial charge in [-0.25, -0.2) is 4.98 Å². The molecule has 0 fully saturated rings. The summed E-state index contributed by atoms with van der Waals surface area (Å²) in [6.07, 6.45) is 4.73. The second-order valence-corrected chi connectivity index (χ2v) is 1.94. The first-order valence-electron chi connectivity index (χ1n) is 2.89. The predicted molar refractivity (Wildman–Crippen MR) is 34.2 cm³/mol. The Bertz CT molecular complexity index is 355. The smallest absolute Gasteiger partial charge is 0.211 e. The predicted octanol–water partition coefficient (Wildman–Crippen LogP) is -0.0323. The number of fused-ring (bicyclic) bond motifs is 1. The molecule has 0 unspecified atom stereocenters. The van der Waals surface area contributed by atoms with Gasteiger partial charge in [0.2, 0.25) is 11.8 Å². The van der Waals surface area contributed by atoms with Gasteiger partial charge in [0.1, 0.15) is 0 Å². The van der Waals surface area contributed by atoms with Gasteiger partial charge in [0.25, 0.3) is 0 Å². The van der Waals surface area contributed by atoms with Crippen molar-refractivity contribution >= 4 is 5.65 Å². The molecule has 0 saturated carbocycles. The molecule has 2 aromatic heterocycles. The second kappa shape index (κ2) is 1.70. The van der Waals surface area contributed by atoms with Crippen LogP contribution in [-0.2, 0) is 0 Å². The molecule has 0 bridgehead atoms. The van der Waals surface area contributed by atoms with E-state index in [2.05, 4.69) is 4.98 Å². The monoisotopic (exact) mass is 135 g/mol. The molecule has 10 heavy (non-hydrogen) atoms. The van der Waals surface area contributed by atoms with Crippen LogP contribution in [0.25, 0.3) is 5.65 Å². The van der Waals surface area contributed by atoms with Crippen molar-refractivity contribution in [3.63, 3.8) is 0 Å². The number of nitrogens with zero attached hydrogens (tertiary/aromatic N) is 3. The van der Waals surface area contributed by atoms with E-state index in [1.807, 2.05) is 0 Å². The van der Waals surface area contributed by atoms with E-state index >= 15 is 0 Å². The molecule has 4 heteroatoms. The largest absolute Gasteiger partial charge is 0.596 e. The molecule has 0 spiro atoms. The molecule has 2 rings (SSSR count). The molecule has 4 nitrogen and oxygen atoms in total. The molecule has 0 radical (unpaired) electrons. The van der Waals surface area contributed by atoms with E-state index in [-0.39, 0.29) is 0 Å². The van der Waals surface area contributed by atoms with Crippen LogP contribution in [0.2, 0.25) is 0 Å². The minimum atomic E-state index is 0.664. The van der Waals surface area contributed by atoms with Crippen LogP contribution in [0.4, 0.5) is 0 Å². The molecule has 2 heterocycles. The number of rotatable bonds is 0. The fourth-order valence-electron chi connectivity index (χ4n) is 0.863. The Morgan fingerprint density at radius 1 is 1.60 bits per heavy atom. The summed E-state index contributed by atoms with van der Waals surface area (Å²) in [5, 5.41) is 10.8. The number of hydrogen-bond acceptors (Lipinski definition) is 2. The highest BCUT2D eigenvalue weighted by Crippen LogP contribution is 1.91. The maximum Gasteiger partial charge on any atom is 0.211 e. The van der Waals surface area contributed by atoms with Crippen LogP contribution in [0.3, 0.4) is 0 Å². The molecule has 0 saturated heterocycles. The Kier molecular flexibility index (Phi) is 0.887. The summed E-state index contributed by atoms with van der Waals surface area (Å²) in [4.78, 5) is 4.67. The topological polar surface area (TPSA) is 44.2 Å². The maximum absolute atomic E-state index is 10.8. The molecule has 2 aromatic rings. The normalized spacial score (nSPS) is 10.4. The standard InChI is InChI=1S/C6H5N3O/c10-9-5-2-6-7-3-1-4-8(6)9/h1-5H. The van der Waals surface area contributed by atoms with Crippen molar-refractivity contribution in [1.82, 2.24) is 9.50 Å². The molecule has 50 valence electrons. The second-order valence-electron chi connectivity index (χ2n) is 1.94. The molecule has 0 aliphatic rings. The van der Waals surface area contributed by atoms with Crippen molar-refractivity contribution in [2.45, 2.75) is 0 Å². The van der Waals surface area contributed by atoms with E-state index in [0.29, 0.717) is 5.65 Å². The lowest BCUT2D eigenvalue weighted by Gasteiger charge is -1.91. The first-order valence-corrected chi connectivity index (χ1v) is 2.89. The average molecular weight is 135 g/mol. The van der Waals surface area contributed by atoms with Crippen molar-refractivity contribution in [3.8, 4) is 0 Å². The summed E-state index contributed by atoms with van der Waals surface area (Å²) < 4.78 is 1.42. The molecule has 0 aliphatic carbocycles. The summed E-state index contributed by atoms with van der Waals surface area (Å²) in [7, 11) is 0. The first kappa shape index (κ1) is 5.22. The maximum atomic E-state index is 10.8. The third kappa shape index (κ3) is 0.556. The van der Waals surface area contributed by atoms with E-state index in [0.717, 1.165) is 4.85 Å². The van der Waals surface area contributed by atoms with Gasteiger partial charge in [-0.1, -0.05) is 9.36 Å². The zero-order chi connectivity index (χ0) is 6.97. The molecule has 0 N–H and O–H groups in total. The SMILES string of the molecule is [O-][n+]1ccc2ncccn21. The van der Waals surface area contributed by atoms with E-state index in [1.54, 1.807) is 24.5 Å². The number of aromatic nitrogens is 3. The lowest BCUT2D eigenvalue weighted by atomic mass is 10.6. The Balaban J connectivity index is 2.93. The van der Waals surface area contributed by atoms with Crippen LogP contribution < -0.4 is 4.85 Å². The fourth-order valence-corrected chi connectivity index (χ4v) is 0.863. The van der Waals surface area contributed by atoms with Crippen LogP contribution >= 0.6 is 0 Å². The molecular weight excluding hydrogens is 130 g/mol. The highest BCUT2D eigenvalue weighted by molar-refractivity contribution is 5.32. The van der Waals surface area contributed by atoms with Gasteiger partial charge in [0, 0.05) is 6.20 Å². The lowest BCUT2D eigenvalue weighted by Crippen LogP contribution is -2.31. The Labute approximate surface area is 56.9 Å². The van der Waals surface area contributed by atoms with Crippen LogP contribution in [0.1, 0.15) is 0 Å².